The lowest BCUT2D eigenvalue weighted by molar-refractivity contribution is 0.872. The first kappa shape index (κ1) is 12.1. The molecule has 0 radical (unpaired) electrons. The topological polar surface area (TPSA) is 55.1 Å². The summed E-state index contributed by atoms with van der Waals surface area (Å²) in [6, 6.07) is 8.35. The monoisotopic (exact) mass is 317 g/mol. The maximum absolute atomic E-state index is 4.32. The van der Waals surface area contributed by atoms with Crippen molar-refractivity contribution in [2.24, 2.45) is 0 Å². The number of rotatable bonds is 3. The summed E-state index contributed by atoms with van der Waals surface area (Å²) in [5.41, 5.74) is 1.91. The number of benzene rings is 1. The van der Waals surface area contributed by atoms with Crippen LogP contribution in [0, 0.1) is 0 Å². The lowest BCUT2D eigenvalue weighted by atomic mass is 10.1. The van der Waals surface area contributed by atoms with Gasteiger partial charge in [0.05, 0.1) is 6.04 Å². The average molecular weight is 318 g/mol. The predicted octanol–water partition coefficient (Wildman–Crippen LogP) is 3.06. The Kier molecular flexibility index (Phi) is 3.16. The molecule has 1 aromatic carbocycles. The molecule has 2 aromatic heterocycles. The van der Waals surface area contributed by atoms with Crippen LogP contribution in [0.4, 0.5) is 5.82 Å². The fourth-order valence-electron chi connectivity index (χ4n) is 1.90. The second-order valence-corrected chi connectivity index (χ2v) is 5.17. The largest absolute Gasteiger partial charge is 0.360 e. The van der Waals surface area contributed by atoms with Crippen LogP contribution in [-0.4, -0.2) is 19.6 Å². The van der Waals surface area contributed by atoms with E-state index in [2.05, 4.69) is 55.5 Å². The highest BCUT2D eigenvalue weighted by molar-refractivity contribution is 9.10. The number of aromatic nitrogens is 4. The standard InChI is InChI=1S/C13H12BrN5/c1-9(10-2-4-11(14)5-3-10)17-12-13-18-16-8-19(13)7-6-15-12/h2-9H,1H3,(H,15,17). The summed E-state index contributed by atoms with van der Waals surface area (Å²) >= 11 is 3.43. The smallest absolute Gasteiger partial charge is 0.203 e. The third-order valence-corrected chi connectivity index (χ3v) is 3.47. The fraction of sp³-hybridized carbons (Fsp3) is 0.154. The fourth-order valence-corrected chi connectivity index (χ4v) is 2.16. The summed E-state index contributed by atoms with van der Waals surface area (Å²) in [6.07, 6.45) is 5.21. The van der Waals surface area contributed by atoms with E-state index in [-0.39, 0.29) is 6.04 Å². The van der Waals surface area contributed by atoms with Crippen LogP contribution in [0.3, 0.4) is 0 Å². The van der Waals surface area contributed by atoms with Gasteiger partial charge in [0.2, 0.25) is 5.65 Å². The van der Waals surface area contributed by atoms with E-state index in [1.165, 1.54) is 5.56 Å². The van der Waals surface area contributed by atoms with Gasteiger partial charge in [-0.05, 0) is 24.6 Å². The molecular formula is C13H12BrN5. The molecule has 0 aliphatic carbocycles. The summed E-state index contributed by atoms with van der Waals surface area (Å²) in [4.78, 5) is 4.32. The molecule has 3 rings (SSSR count). The minimum Gasteiger partial charge on any atom is -0.360 e. The Bertz CT molecular complexity index is 692. The van der Waals surface area contributed by atoms with Crippen LogP contribution in [0.5, 0.6) is 0 Å². The van der Waals surface area contributed by atoms with Gasteiger partial charge in [-0.15, -0.1) is 10.2 Å². The first-order valence-corrected chi connectivity index (χ1v) is 6.69. The number of halogens is 1. The molecule has 96 valence electrons. The minimum absolute atomic E-state index is 0.142. The van der Waals surface area contributed by atoms with Gasteiger partial charge in [0.15, 0.2) is 5.82 Å². The number of hydrogen-bond acceptors (Lipinski definition) is 4. The van der Waals surface area contributed by atoms with E-state index in [0.29, 0.717) is 0 Å². The number of fused-ring (bicyclic) bond motifs is 1. The molecule has 0 saturated carbocycles. The normalized spacial score (nSPS) is 12.5. The first-order valence-electron chi connectivity index (χ1n) is 5.90. The summed E-state index contributed by atoms with van der Waals surface area (Å²) in [7, 11) is 0. The Balaban J connectivity index is 1.88. The molecule has 3 aromatic rings. The molecule has 0 saturated heterocycles. The van der Waals surface area contributed by atoms with Gasteiger partial charge in [-0.1, -0.05) is 28.1 Å². The molecule has 0 aliphatic rings. The Labute approximate surface area is 118 Å². The van der Waals surface area contributed by atoms with Gasteiger partial charge in [-0.25, -0.2) is 4.98 Å². The van der Waals surface area contributed by atoms with Crippen molar-refractivity contribution in [2.45, 2.75) is 13.0 Å². The third kappa shape index (κ3) is 2.44. The van der Waals surface area contributed by atoms with Gasteiger partial charge < -0.3 is 5.32 Å². The van der Waals surface area contributed by atoms with Crippen molar-refractivity contribution in [3.05, 3.63) is 53.0 Å². The van der Waals surface area contributed by atoms with Crippen molar-refractivity contribution in [3.63, 3.8) is 0 Å². The van der Waals surface area contributed by atoms with Crippen LogP contribution in [0.25, 0.3) is 5.65 Å². The van der Waals surface area contributed by atoms with Gasteiger partial charge in [0.25, 0.3) is 0 Å². The molecule has 0 spiro atoms. The van der Waals surface area contributed by atoms with E-state index in [0.717, 1.165) is 15.9 Å². The Morgan fingerprint density at radius 2 is 2.05 bits per heavy atom. The van der Waals surface area contributed by atoms with Gasteiger partial charge in [0, 0.05) is 16.9 Å². The first-order chi connectivity index (χ1) is 9.24. The van der Waals surface area contributed by atoms with Crippen LogP contribution in [-0.2, 0) is 0 Å². The van der Waals surface area contributed by atoms with Crippen molar-refractivity contribution >= 4 is 27.4 Å². The molecule has 19 heavy (non-hydrogen) atoms. The number of hydrogen-bond donors (Lipinski definition) is 1. The molecule has 1 unspecified atom stereocenters. The van der Waals surface area contributed by atoms with Gasteiger partial charge >= 0.3 is 0 Å². The Morgan fingerprint density at radius 1 is 1.26 bits per heavy atom. The summed E-state index contributed by atoms with van der Waals surface area (Å²) in [5, 5.41) is 11.3. The summed E-state index contributed by atoms with van der Waals surface area (Å²) < 4.78 is 2.91. The van der Waals surface area contributed by atoms with E-state index in [4.69, 9.17) is 0 Å². The molecule has 6 heteroatoms. The van der Waals surface area contributed by atoms with Crippen molar-refractivity contribution < 1.29 is 0 Å². The lowest BCUT2D eigenvalue weighted by Crippen LogP contribution is -2.09. The van der Waals surface area contributed by atoms with Gasteiger partial charge in [-0.3, -0.25) is 4.40 Å². The molecule has 0 fully saturated rings. The van der Waals surface area contributed by atoms with Crippen molar-refractivity contribution in [2.75, 3.05) is 5.32 Å². The van der Waals surface area contributed by atoms with Gasteiger partial charge in [0.1, 0.15) is 6.33 Å². The molecule has 0 amide bonds. The molecular weight excluding hydrogens is 306 g/mol. The Hall–Kier alpha value is -1.95. The van der Waals surface area contributed by atoms with Gasteiger partial charge in [-0.2, -0.15) is 0 Å². The minimum atomic E-state index is 0.142. The van der Waals surface area contributed by atoms with Crippen LogP contribution >= 0.6 is 15.9 Å². The third-order valence-electron chi connectivity index (χ3n) is 2.94. The van der Waals surface area contributed by atoms with E-state index in [1.807, 2.05) is 22.7 Å². The lowest BCUT2D eigenvalue weighted by Gasteiger charge is -2.15. The summed E-state index contributed by atoms with van der Waals surface area (Å²) in [5.74, 6) is 0.732. The number of nitrogens with one attached hydrogen (secondary N) is 1. The highest BCUT2D eigenvalue weighted by Gasteiger charge is 2.10. The van der Waals surface area contributed by atoms with Crippen molar-refractivity contribution in [3.8, 4) is 0 Å². The molecule has 0 aliphatic heterocycles. The maximum atomic E-state index is 4.32. The van der Waals surface area contributed by atoms with E-state index in [9.17, 15) is 0 Å². The van der Waals surface area contributed by atoms with Crippen LogP contribution in [0.1, 0.15) is 18.5 Å². The molecule has 1 N–H and O–H groups in total. The zero-order valence-corrected chi connectivity index (χ0v) is 11.9. The van der Waals surface area contributed by atoms with Crippen molar-refractivity contribution in [1.29, 1.82) is 0 Å². The van der Waals surface area contributed by atoms with Crippen LogP contribution in [0.2, 0.25) is 0 Å². The zero-order valence-electron chi connectivity index (χ0n) is 10.3. The highest BCUT2D eigenvalue weighted by Crippen LogP contribution is 2.21. The molecule has 5 nitrogen and oxygen atoms in total. The number of anilines is 1. The van der Waals surface area contributed by atoms with Crippen LogP contribution < -0.4 is 5.32 Å². The summed E-state index contributed by atoms with van der Waals surface area (Å²) in [6.45, 7) is 2.09. The van der Waals surface area contributed by atoms with E-state index >= 15 is 0 Å². The maximum Gasteiger partial charge on any atom is 0.203 e. The van der Waals surface area contributed by atoms with E-state index < -0.39 is 0 Å². The van der Waals surface area contributed by atoms with Crippen LogP contribution in [0.15, 0.2) is 47.5 Å². The molecule has 1 atom stereocenters. The zero-order chi connectivity index (χ0) is 13.2. The molecule has 0 bridgehead atoms. The second kappa shape index (κ2) is 4.97. The van der Waals surface area contributed by atoms with Crippen molar-refractivity contribution in [1.82, 2.24) is 19.6 Å². The average Bonchev–Trinajstić information content (AvgIpc) is 2.89. The second-order valence-electron chi connectivity index (χ2n) is 4.26. The number of nitrogens with zero attached hydrogens (tertiary/aromatic N) is 4. The highest BCUT2D eigenvalue weighted by atomic mass is 79.9. The molecule has 2 heterocycles. The quantitative estimate of drug-likeness (QED) is 0.806. The SMILES string of the molecule is CC(Nc1nccn2cnnc12)c1ccc(Br)cc1. The predicted molar refractivity (Wildman–Crippen MR) is 77.0 cm³/mol. The van der Waals surface area contributed by atoms with E-state index in [1.54, 1.807) is 12.5 Å². The Morgan fingerprint density at radius 3 is 2.84 bits per heavy atom.